The maximum Gasteiger partial charge on any atom is 0.0604 e. The first-order valence-electron chi connectivity index (χ1n) is 5.77. The van der Waals surface area contributed by atoms with E-state index in [2.05, 4.69) is 34.6 Å². The second-order valence-electron chi connectivity index (χ2n) is 4.61. The van der Waals surface area contributed by atoms with E-state index >= 15 is 0 Å². The van der Waals surface area contributed by atoms with Crippen molar-refractivity contribution in [3.05, 3.63) is 0 Å². The fourth-order valence-corrected chi connectivity index (χ4v) is 2.56. The van der Waals surface area contributed by atoms with Crippen molar-refractivity contribution >= 4 is 0 Å². The number of hydrogen-bond acceptors (Lipinski definition) is 1. The van der Waals surface area contributed by atoms with Crippen LogP contribution in [0.25, 0.3) is 0 Å². The van der Waals surface area contributed by atoms with E-state index in [1.54, 1.807) is 0 Å². The monoisotopic (exact) mass is 184 g/mol. The summed E-state index contributed by atoms with van der Waals surface area (Å²) in [5, 5.41) is 0. The second-order valence-corrected chi connectivity index (χ2v) is 4.61. The first-order valence-corrected chi connectivity index (χ1v) is 5.77. The van der Waals surface area contributed by atoms with Gasteiger partial charge >= 0.3 is 0 Å². The van der Waals surface area contributed by atoms with Crippen LogP contribution in [0, 0.1) is 17.8 Å². The van der Waals surface area contributed by atoms with Gasteiger partial charge in [0.1, 0.15) is 0 Å². The standard InChI is InChI=1S/C12H24O/c1-6-11-9(4)8(3)10(5)12(7-2)13-11/h8-12H,6-7H2,1-5H3/t8?,9-,10+,11+,12-. The van der Waals surface area contributed by atoms with Gasteiger partial charge in [0.05, 0.1) is 12.2 Å². The molecule has 1 aliphatic rings. The molecule has 1 heterocycles. The van der Waals surface area contributed by atoms with Crippen molar-refractivity contribution in [1.29, 1.82) is 0 Å². The predicted octanol–water partition coefficient (Wildman–Crippen LogP) is 3.48. The fourth-order valence-electron chi connectivity index (χ4n) is 2.56. The van der Waals surface area contributed by atoms with E-state index in [-0.39, 0.29) is 0 Å². The molecule has 78 valence electrons. The topological polar surface area (TPSA) is 9.23 Å². The molecule has 0 aromatic carbocycles. The van der Waals surface area contributed by atoms with Crippen LogP contribution in [-0.2, 0) is 4.74 Å². The summed E-state index contributed by atoms with van der Waals surface area (Å²) < 4.78 is 6.08. The molecule has 0 radical (unpaired) electrons. The zero-order valence-electron chi connectivity index (χ0n) is 9.71. The summed E-state index contributed by atoms with van der Waals surface area (Å²) in [6.07, 6.45) is 3.32. The highest BCUT2D eigenvalue weighted by Gasteiger charge is 2.36. The van der Waals surface area contributed by atoms with E-state index in [1.807, 2.05) is 0 Å². The molecule has 1 unspecified atom stereocenters. The van der Waals surface area contributed by atoms with Crippen LogP contribution in [0.2, 0.25) is 0 Å². The quantitative estimate of drug-likeness (QED) is 0.638. The summed E-state index contributed by atoms with van der Waals surface area (Å²) in [6.45, 7) is 11.5. The maximum atomic E-state index is 6.08. The minimum absolute atomic E-state index is 0.496. The minimum atomic E-state index is 0.496. The van der Waals surface area contributed by atoms with Gasteiger partial charge in [-0.2, -0.15) is 0 Å². The van der Waals surface area contributed by atoms with Crippen LogP contribution in [0.4, 0.5) is 0 Å². The van der Waals surface area contributed by atoms with Crippen molar-refractivity contribution in [2.45, 2.75) is 59.7 Å². The van der Waals surface area contributed by atoms with Gasteiger partial charge < -0.3 is 4.74 Å². The SMILES string of the molecule is CC[C@@H]1O[C@H](CC)[C@@H](C)C(C)[C@H]1C. The summed E-state index contributed by atoms with van der Waals surface area (Å²) in [6, 6.07) is 0. The molecule has 5 atom stereocenters. The van der Waals surface area contributed by atoms with E-state index in [4.69, 9.17) is 4.74 Å². The van der Waals surface area contributed by atoms with Gasteiger partial charge in [-0.15, -0.1) is 0 Å². The van der Waals surface area contributed by atoms with Crippen LogP contribution in [-0.4, -0.2) is 12.2 Å². The van der Waals surface area contributed by atoms with Gasteiger partial charge in [-0.3, -0.25) is 0 Å². The smallest absolute Gasteiger partial charge is 0.0604 e. The van der Waals surface area contributed by atoms with E-state index in [1.165, 1.54) is 0 Å². The first kappa shape index (κ1) is 11.0. The maximum absolute atomic E-state index is 6.08. The summed E-state index contributed by atoms with van der Waals surface area (Å²) in [5.74, 6) is 2.26. The lowest BCUT2D eigenvalue weighted by atomic mass is 9.75. The van der Waals surface area contributed by atoms with Crippen LogP contribution >= 0.6 is 0 Å². The molecular formula is C12H24O. The number of rotatable bonds is 2. The van der Waals surface area contributed by atoms with Crippen LogP contribution in [0.3, 0.4) is 0 Å². The van der Waals surface area contributed by atoms with Crippen LogP contribution < -0.4 is 0 Å². The first-order chi connectivity index (χ1) is 6.11. The Kier molecular flexibility index (Phi) is 3.78. The zero-order chi connectivity index (χ0) is 10.0. The van der Waals surface area contributed by atoms with Crippen molar-refractivity contribution < 1.29 is 4.74 Å². The van der Waals surface area contributed by atoms with Gasteiger partial charge in [0.15, 0.2) is 0 Å². The minimum Gasteiger partial charge on any atom is -0.374 e. The number of hydrogen-bond donors (Lipinski definition) is 0. The zero-order valence-corrected chi connectivity index (χ0v) is 9.71. The van der Waals surface area contributed by atoms with Gasteiger partial charge in [0.2, 0.25) is 0 Å². The Morgan fingerprint density at radius 2 is 1.15 bits per heavy atom. The van der Waals surface area contributed by atoms with Crippen molar-refractivity contribution in [3.63, 3.8) is 0 Å². The summed E-state index contributed by atoms with van der Waals surface area (Å²) in [5.41, 5.74) is 0. The highest BCUT2D eigenvalue weighted by molar-refractivity contribution is 4.84. The molecule has 0 spiro atoms. The average Bonchev–Trinajstić information content (AvgIpc) is 2.15. The molecule has 0 aromatic rings. The molecule has 1 saturated heterocycles. The third kappa shape index (κ3) is 2.07. The van der Waals surface area contributed by atoms with Gasteiger partial charge in [-0.1, -0.05) is 34.6 Å². The molecule has 0 saturated carbocycles. The third-order valence-electron chi connectivity index (χ3n) is 3.99. The molecule has 0 aromatic heterocycles. The third-order valence-corrected chi connectivity index (χ3v) is 3.99. The van der Waals surface area contributed by atoms with Crippen molar-refractivity contribution in [2.75, 3.05) is 0 Å². The van der Waals surface area contributed by atoms with Crippen LogP contribution in [0.15, 0.2) is 0 Å². The van der Waals surface area contributed by atoms with E-state index < -0.39 is 0 Å². The normalized spacial score (nSPS) is 46.4. The van der Waals surface area contributed by atoms with Crippen molar-refractivity contribution in [2.24, 2.45) is 17.8 Å². The Hall–Kier alpha value is -0.0400. The molecule has 0 N–H and O–H groups in total. The molecule has 13 heavy (non-hydrogen) atoms. The van der Waals surface area contributed by atoms with Crippen molar-refractivity contribution in [3.8, 4) is 0 Å². The summed E-state index contributed by atoms with van der Waals surface area (Å²) >= 11 is 0. The Morgan fingerprint density at radius 3 is 1.46 bits per heavy atom. The Bertz CT molecular complexity index is 135. The molecule has 1 fully saturated rings. The lowest BCUT2D eigenvalue weighted by molar-refractivity contribution is -0.134. The summed E-state index contributed by atoms with van der Waals surface area (Å²) in [4.78, 5) is 0. The molecule has 0 aliphatic carbocycles. The summed E-state index contributed by atoms with van der Waals surface area (Å²) in [7, 11) is 0. The lowest BCUT2D eigenvalue weighted by Crippen LogP contribution is -2.44. The highest BCUT2D eigenvalue weighted by atomic mass is 16.5. The average molecular weight is 184 g/mol. The van der Waals surface area contributed by atoms with Gasteiger partial charge in [-0.05, 0) is 30.6 Å². The second kappa shape index (κ2) is 4.45. The van der Waals surface area contributed by atoms with Crippen LogP contribution in [0.5, 0.6) is 0 Å². The number of ether oxygens (including phenoxy) is 1. The lowest BCUT2D eigenvalue weighted by Gasteiger charge is -2.43. The molecule has 0 bridgehead atoms. The highest BCUT2D eigenvalue weighted by Crippen LogP contribution is 2.36. The van der Waals surface area contributed by atoms with Crippen LogP contribution in [0.1, 0.15) is 47.5 Å². The Morgan fingerprint density at radius 1 is 0.769 bits per heavy atom. The predicted molar refractivity (Wildman–Crippen MR) is 56.7 cm³/mol. The Balaban J connectivity index is 2.66. The van der Waals surface area contributed by atoms with E-state index in [9.17, 15) is 0 Å². The molecular weight excluding hydrogens is 160 g/mol. The molecule has 1 nitrogen and oxygen atoms in total. The van der Waals surface area contributed by atoms with Gasteiger partial charge in [-0.25, -0.2) is 0 Å². The van der Waals surface area contributed by atoms with Gasteiger partial charge in [0, 0.05) is 0 Å². The van der Waals surface area contributed by atoms with E-state index in [0.717, 1.165) is 30.6 Å². The largest absolute Gasteiger partial charge is 0.374 e. The Labute approximate surface area is 82.9 Å². The molecule has 1 rings (SSSR count). The molecule has 1 aliphatic heterocycles. The fraction of sp³-hybridized carbons (Fsp3) is 1.00. The van der Waals surface area contributed by atoms with Gasteiger partial charge in [0.25, 0.3) is 0 Å². The van der Waals surface area contributed by atoms with E-state index in [0.29, 0.717) is 12.2 Å². The van der Waals surface area contributed by atoms with Crippen molar-refractivity contribution in [1.82, 2.24) is 0 Å². The molecule has 1 heteroatoms. The molecule has 0 amide bonds.